The van der Waals surface area contributed by atoms with Gasteiger partial charge >= 0.3 is 5.97 Å². The first kappa shape index (κ1) is 23.8. The van der Waals surface area contributed by atoms with Gasteiger partial charge in [-0.25, -0.2) is 4.79 Å². The second kappa shape index (κ2) is 7.05. The van der Waals surface area contributed by atoms with Crippen molar-refractivity contribution in [2.24, 2.45) is 28.1 Å². The lowest BCUT2D eigenvalue weighted by atomic mass is 9.44. The van der Waals surface area contributed by atoms with E-state index >= 15 is 0 Å². The molecule has 0 radical (unpaired) electrons. The summed E-state index contributed by atoms with van der Waals surface area (Å²) in [5.74, 6) is -1.84. The standard InChI is InChI=1S/C27H36O7/c1-23(2)18(28)8-10-24(3,21(23)20(29)22(30)32-6)17-7-11-25(4)16(15-9-12-33-14-15)13-19-27(25,34-19)26(17,5)31/h8-10,12,14,16-17,19-21,29,31H,7,11,13H2,1-6H3/t16-,17+,19+,20+,21-,24+,25-,26+,27+/m0/s1. The minimum Gasteiger partial charge on any atom is -0.472 e. The summed E-state index contributed by atoms with van der Waals surface area (Å²) < 4.78 is 16.6. The lowest BCUT2D eigenvalue weighted by Gasteiger charge is -2.60. The third-order valence-electron chi connectivity index (χ3n) is 10.3. The molecule has 2 heterocycles. The molecule has 0 unspecified atom stereocenters. The molecule has 34 heavy (non-hydrogen) atoms. The first-order valence-corrected chi connectivity index (χ1v) is 12.2. The van der Waals surface area contributed by atoms with E-state index in [0.717, 1.165) is 18.4 Å². The second-order valence-corrected chi connectivity index (χ2v) is 12.1. The largest absolute Gasteiger partial charge is 0.472 e. The third-order valence-corrected chi connectivity index (χ3v) is 10.3. The van der Waals surface area contributed by atoms with Crippen LogP contribution in [0.25, 0.3) is 0 Å². The van der Waals surface area contributed by atoms with Crippen LogP contribution in [-0.2, 0) is 19.1 Å². The number of rotatable bonds is 4. The van der Waals surface area contributed by atoms with Crippen LogP contribution in [0.4, 0.5) is 0 Å². The Balaban J connectivity index is 1.59. The van der Waals surface area contributed by atoms with E-state index < -0.39 is 40.0 Å². The van der Waals surface area contributed by atoms with E-state index in [9.17, 15) is 19.8 Å². The summed E-state index contributed by atoms with van der Waals surface area (Å²) in [6.07, 6.45) is 7.52. The number of epoxide rings is 1. The molecule has 0 bridgehead atoms. The van der Waals surface area contributed by atoms with Crippen molar-refractivity contribution in [3.8, 4) is 0 Å². The molecule has 0 aromatic carbocycles. The zero-order chi connectivity index (χ0) is 24.9. The maximum Gasteiger partial charge on any atom is 0.335 e. The number of carbonyl (C=O) groups is 2. The topological polar surface area (TPSA) is 110 Å². The molecule has 1 saturated heterocycles. The number of allylic oxidation sites excluding steroid dienone is 2. The minimum absolute atomic E-state index is 0.0787. The number of aliphatic hydroxyl groups is 2. The molecule has 1 aromatic rings. The number of hydrogen-bond donors (Lipinski definition) is 2. The molecule has 1 spiro atoms. The van der Waals surface area contributed by atoms with Crippen LogP contribution in [0.15, 0.2) is 35.2 Å². The highest BCUT2D eigenvalue weighted by molar-refractivity contribution is 5.96. The summed E-state index contributed by atoms with van der Waals surface area (Å²) in [4.78, 5) is 25.4. The molecule has 3 fully saturated rings. The van der Waals surface area contributed by atoms with Crippen LogP contribution in [0.1, 0.15) is 65.4 Å². The fourth-order valence-corrected chi connectivity index (χ4v) is 8.73. The predicted octanol–water partition coefficient (Wildman–Crippen LogP) is 3.39. The first-order chi connectivity index (χ1) is 15.8. The summed E-state index contributed by atoms with van der Waals surface area (Å²) in [7, 11) is 1.23. The van der Waals surface area contributed by atoms with Crippen LogP contribution in [0.3, 0.4) is 0 Å². The van der Waals surface area contributed by atoms with Crippen LogP contribution in [0, 0.1) is 28.1 Å². The molecule has 1 aromatic heterocycles. The van der Waals surface area contributed by atoms with E-state index in [0.29, 0.717) is 6.42 Å². The molecular formula is C27H36O7. The minimum atomic E-state index is -1.50. The molecule has 1 aliphatic heterocycles. The Labute approximate surface area is 200 Å². The Hall–Kier alpha value is -1.96. The highest BCUT2D eigenvalue weighted by Crippen LogP contribution is 2.77. The quantitative estimate of drug-likeness (QED) is 0.511. The van der Waals surface area contributed by atoms with Crippen molar-refractivity contribution in [1.82, 2.24) is 0 Å². The number of hydrogen-bond acceptors (Lipinski definition) is 7. The van der Waals surface area contributed by atoms with Crippen LogP contribution in [0.5, 0.6) is 0 Å². The van der Waals surface area contributed by atoms with Gasteiger partial charge in [0, 0.05) is 16.7 Å². The van der Waals surface area contributed by atoms with Gasteiger partial charge in [0.2, 0.25) is 0 Å². The molecule has 9 atom stereocenters. The van der Waals surface area contributed by atoms with Gasteiger partial charge in [0.1, 0.15) is 5.60 Å². The summed E-state index contributed by atoms with van der Waals surface area (Å²) in [5, 5.41) is 23.5. The van der Waals surface area contributed by atoms with Crippen molar-refractivity contribution in [3.05, 3.63) is 36.3 Å². The van der Waals surface area contributed by atoms with Crippen LogP contribution < -0.4 is 0 Å². The Bertz CT molecular complexity index is 1040. The number of carbonyl (C=O) groups excluding carboxylic acids is 2. The van der Waals surface area contributed by atoms with Crippen LogP contribution in [0.2, 0.25) is 0 Å². The Kier molecular flexibility index (Phi) is 4.93. The van der Waals surface area contributed by atoms with Crippen molar-refractivity contribution in [1.29, 1.82) is 0 Å². The molecule has 186 valence electrons. The lowest BCUT2D eigenvalue weighted by Crippen LogP contribution is -2.67. The monoisotopic (exact) mass is 472 g/mol. The summed E-state index contributed by atoms with van der Waals surface area (Å²) in [6.45, 7) is 9.52. The zero-order valence-corrected chi connectivity index (χ0v) is 20.8. The van der Waals surface area contributed by atoms with E-state index in [1.165, 1.54) is 7.11 Å². The van der Waals surface area contributed by atoms with Gasteiger partial charge in [0.25, 0.3) is 0 Å². The van der Waals surface area contributed by atoms with Crippen molar-refractivity contribution in [2.75, 3.05) is 7.11 Å². The average molecular weight is 473 g/mol. The summed E-state index contributed by atoms with van der Waals surface area (Å²) in [6, 6.07) is 2.00. The van der Waals surface area contributed by atoms with Gasteiger partial charge in [-0.3, -0.25) is 4.79 Å². The van der Waals surface area contributed by atoms with Gasteiger partial charge in [-0.2, -0.15) is 0 Å². The average Bonchev–Trinajstić information content (AvgIpc) is 3.14. The molecular weight excluding hydrogens is 436 g/mol. The number of esters is 1. The highest BCUT2D eigenvalue weighted by Gasteiger charge is 2.84. The van der Waals surface area contributed by atoms with Gasteiger partial charge in [-0.05, 0) is 61.1 Å². The van der Waals surface area contributed by atoms with Gasteiger partial charge < -0.3 is 24.1 Å². The molecule has 7 nitrogen and oxygen atoms in total. The van der Waals surface area contributed by atoms with E-state index in [4.69, 9.17) is 13.9 Å². The molecule has 7 heteroatoms. The molecule has 4 aliphatic rings. The second-order valence-electron chi connectivity index (χ2n) is 12.1. The number of methoxy groups -OCH3 is 1. The van der Waals surface area contributed by atoms with E-state index in [1.807, 2.05) is 19.9 Å². The van der Waals surface area contributed by atoms with Gasteiger partial charge in [0.05, 0.1) is 31.3 Å². The fraction of sp³-hybridized carbons (Fsp3) is 0.704. The molecule has 2 saturated carbocycles. The molecule has 5 rings (SSSR count). The zero-order valence-electron chi connectivity index (χ0n) is 20.8. The van der Waals surface area contributed by atoms with Crippen LogP contribution >= 0.6 is 0 Å². The van der Waals surface area contributed by atoms with Crippen molar-refractivity contribution < 1.29 is 33.7 Å². The number of furan rings is 1. The van der Waals surface area contributed by atoms with E-state index in [2.05, 4.69) is 6.92 Å². The molecule has 0 amide bonds. The normalized spacial score (nSPS) is 47.6. The van der Waals surface area contributed by atoms with Gasteiger partial charge in [-0.15, -0.1) is 0 Å². The van der Waals surface area contributed by atoms with Crippen molar-refractivity contribution in [3.63, 3.8) is 0 Å². The maximum atomic E-state index is 12.9. The van der Waals surface area contributed by atoms with Crippen molar-refractivity contribution in [2.45, 2.75) is 83.2 Å². The Morgan fingerprint density at radius 2 is 1.94 bits per heavy atom. The molecule has 2 N–H and O–H groups in total. The van der Waals surface area contributed by atoms with Crippen molar-refractivity contribution >= 4 is 11.8 Å². The third kappa shape index (κ3) is 2.64. The smallest absolute Gasteiger partial charge is 0.335 e. The highest BCUT2D eigenvalue weighted by atomic mass is 16.6. The Morgan fingerprint density at radius 1 is 1.24 bits per heavy atom. The lowest BCUT2D eigenvalue weighted by molar-refractivity contribution is -0.202. The Morgan fingerprint density at radius 3 is 2.56 bits per heavy atom. The van der Waals surface area contributed by atoms with Gasteiger partial charge in [0.15, 0.2) is 11.9 Å². The SMILES string of the molecule is COC(=O)[C@H](O)[C@H]1C(C)(C)C(=O)C=C[C@]1(C)[C@H]1CC[C@@]2(C)[C@H](c3ccoc3)C[C@H]3O[C@]32[C@]1(C)O. The predicted molar refractivity (Wildman–Crippen MR) is 123 cm³/mol. The first-order valence-electron chi connectivity index (χ1n) is 12.2. The fourth-order valence-electron chi connectivity index (χ4n) is 8.73. The van der Waals surface area contributed by atoms with Gasteiger partial charge in [-0.1, -0.05) is 33.8 Å². The number of aliphatic hydroxyl groups excluding tert-OH is 1. The molecule has 3 aliphatic carbocycles. The van der Waals surface area contributed by atoms with E-state index in [1.54, 1.807) is 38.5 Å². The number of ketones is 1. The number of ether oxygens (including phenoxy) is 2. The van der Waals surface area contributed by atoms with Crippen LogP contribution in [-0.4, -0.2) is 52.5 Å². The maximum absolute atomic E-state index is 12.9. The summed E-state index contributed by atoms with van der Waals surface area (Å²) in [5.41, 5.74) is -3.04. The summed E-state index contributed by atoms with van der Waals surface area (Å²) >= 11 is 0. The van der Waals surface area contributed by atoms with E-state index in [-0.39, 0.29) is 29.1 Å².